The maximum Gasteiger partial charge on any atom is 0.356 e. The topological polar surface area (TPSA) is 55.0 Å². The van der Waals surface area contributed by atoms with Crippen molar-refractivity contribution in [2.45, 2.75) is 6.42 Å². The van der Waals surface area contributed by atoms with Gasteiger partial charge in [0.05, 0.1) is 13.3 Å². The lowest BCUT2D eigenvalue weighted by atomic mass is 10.1. The molecule has 0 aliphatic carbocycles. The van der Waals surface area contributed by atoms with Crippen LogP contribution >= 0.6 is 0 Å². The van der Waals surface area contributed by atoms with E-state index in [4.69, 9.17) is 0 Å². The van der Waals surface area contributed by atoms with Gasteiger partial charge in [0.1, 0.15) is 23.2 Å². The minimum atomic E-state index is -0.647. The Morgan fingerprint density at radius 3 is 2.89 bits per heavy atom. The van der Waals surface area contributed by atoms with E-state index in [9.17, 15) is 13.6 Å². The predicted octanol–water partition coefficient (Wildman–Crippen LogP) is 2.07. The van der Waals surface area contributed by atoms with Crippen LogP contribution in [0.4, 0.5) is 8.78 Å². The SMILES string of the molecule is COC(=O)c1cnc(Cc2ccc(F)cc2F)[nH]1. The standard InChI is InChI=1S/C12H10F2N2O2/c1-18-12(17)10-6-15-11(16-10)4-7-2-3-8(13)5-9(7)14/h2-3,5-6H,4H2,1H3,(H,15,16). The van der Waals surface area contributed by atoms with E-state index in [1.165, 1.54) is 25.4 Å². The molecule has 0 atom stereocenters. The molecule has 0 unspecified atom stereocenters. The Bertz CT molecular complexity index is 581. The molecule has 1 N–H and O–H groups in total. The van der Waals surface area contributed by atoms with Gasteiger partial charge in [-0.1, -0.05) is 6.07 Å². The highest BCUT2D eigenvalue weighted by atomic mass is 19.1. The number of hydrogen-bond donors (Lipinski definition) is 1. The van der Waals surface area contributed by atoms with Gasteiger partial charge < -0.3 is 9.72 Å². The molecule has 1 aromatic carbocycles. The first-order valence-corrected chi connectivity index (χ1v) is 5.16. The number of carbonyl (C=O) groups is 1. The van der Waals surface area contributed by atoms with E-state index in [0.29, 0.717) is 11.4 Å². The fourth-order valence-electron chi connectivity index (χ4n) is 1.51. The van der Waals surface area contributed by atoms with Crippen molar-refractivity contribution in [3.8, 4) is 0 Å². The van der Waals surface area contributed by atoms with E-state index in [1.807, 2.05) is 0 Å². The predicted molar refractivity (Wildman–Crippen MR) is 59.1 cm³/mol. The molecule has 0 bridgehead atoms. The summed E-state index contributed by atoms with van der Waals surface area (Å²) < 4.78 is 30.6. The van der Waals surface area contributed by atoms with Gasteiger partial charge >= 0.3 is 5.97 Å². The van der Waals surface area contributed by atoms with Crippen LogP contribution in [0.5, 0.6) is 0 Å². The number of nitrogens with zero attached hydrogens (tertiary/aromatic N) is 1. The van der Waals surface area contributed by atoms with E-state index in [-0.39, 0.29) is 12.1 Å². The summed E-state index contributed by atoms with van der Waals surface area (Å²) in [6.45, 7) is 0. The molecule has 0 saturated carbocycles. The highest BCUT2D eigenvalue weighted by Gasteiger charge is 2.11. The van der Waals surface area contributed by atoms with E-state index in [0.717, 1.165) is 6.07 Å². The van der Waals surface area contributed by atoms with Crippen LogP contribution in [0.3, 0.4) is 0 Å². The monoisotopic (exact) mass is 252 g/mol. The Labute approximate surface area is 102 Å². The number of halogens is 2. The molecule has 0 amide bonds. The molecule has 0 aliphatic rings. The summed E-state index contributed by atoms with van der Waals surface area (Å²) in [6.07, 6.45) is 1.45. The molecule has 0 saturated heterocycles. The third-order valence-electron chi connectivity index (χ3n) is 2.41. The summed E-state index contributed by atoms with van der Waals surface area (Å²) in [5, 5.41) is 0. The fraction of sp³-hybridized carbons (Fsp3) is 0.167. The Kier molecular flexibility index (Phi) is 3.36. The summed E-state index contributed by atoms with van der Waals surface area (Å²) >= 11 is 0. The summed E-state index contributed by atoms with van der Waals surface area (Å²) in [4.78, 5) is 17.8. The van der Waals surface area contributed by atoms with Crippen LogP contribution in [0.15, 0.2) is 24.4 Å². The third kappa shape index (κ3) is 2.53. The molecule has 2 rings (SSSR count). The van der Waals surface area contributed by atoms with Crippen molar-refractivity contribution in [2.75, 3.05) is 7.11 Å². The maximum absolute atomic E-state index is 13.4. The zero-order chi connectivity index (χ0) is 13.1. The zero-order valence-corrected chi connectivity index (χ0v) is 9.54. The summed E-state index contributed by atoms with van der Waals surface area (Å²) in [5.74, 6) is -1.42. The van der Waals surface area contributed by atoms with E-state index < -0.39 is 17.6 Å². The van der Waals surface area contributed by atoms with Crippen molar-refractivity contribution in [2.24, 2.45) is 0 Å². The third-order valence-corrected chi connectivity index (χ3v) is 2.41. The molecule has 4 nitrogen and oxygen atoms in total. The molecule has 0 radical (unpaired) electrons. The van der Waals surface area contributed by atoms with Crippen LogP contribution in [0.2, 0.25) is 0 Å². The molecule has 18 heavy (non-hydrogen) atoms. The van der Waals surface area contributed by atoms with Gasteiger partial charge in [-0.05, 0) is 11.6 Å². The average molecular weight is 252 g/mol. The zero-order valence-electron chi connectivity index (χ0n) is 9.54. The quantitative estimate of drug-likeness (QED) is 0.851. The minimum Gasteiger partial charge on any atom is -0.464 e. The number of hydrogen-bond acceptors (Lipinski definition) is 3. The molecular formula is C12H10F2N2O2. The van der Waals surface area contributed by atoms with Gasteiger partial charge in [0.25, 0.3) is 0 Å². The van der Waals surface area contributed by atoms with Gasteiger partial charge in [0.15, 0.2) is 0 Å². The first kappa shape index (κ1) is 12.2. The van der Waals surface area contributed by atoms with E-state index in [1.54, 1.807) is 0 Å². The number of aromatic nitrogens is 2. The van der Waals surface area contributed by atoms with Crippen LogP contribution in [0, 0.1) is 11.6 Å². The smallest absolute Gasteiger partial charge is 0.356 e. The number of carbonyl (C=O) groups excluding carboxylic acids is 1. The lowest BCUT2D eigenvalue weighted by Gasteiger charge is -2.00. The average Bonchev–Trinajstić information content (AvgIpc) is 2.80. The van der Waals surface area contributed by atoms with Crippen LogP contribution < -0.4 is 0 Å². The van der Waals surface area contributed by atoms with Crippen molar-refractivity contribution in [1.82, 2.24) is 9.97 Å². The van der Waals surface area contributed by atoms with Gasteiger partial charge in [-0.25, -0.2) is 18.6 Å². The molecular weight excluding hydrogens is 242 g/mol. The Morgan fingerprint density at radius 1 is 1.44 bits per heavy atom. The number of rotatable bonds is 3. The molecule has 0 aliphatic heterocycles. The molecule has 0 fully saturated rings. The second-order valence-corrected chi connectivity index (χ2v) is 3.65. The van der Waals surface area contributed by atoms with Crippen molar-refractivity contribution >= 4 is 5.97 Å². The number of aromatic amines is 1. The summed E-state index contributed by atoms with van der Waals surface area (Å²) in [6, 6.07) is 3.31. The maximum atomic E-state index is 13.4. The second-order valence-electron chi connectivity index (χ2n) is 3.65. The largest absolute Gasteiger partial charge is 0.464 e. The van der Waals surface area contributed by atoms with E-state index >= 15 is 0 Å². The number of nitrogens with one attached hydrogen (secondary N) is 1. The lowest BCUT2D eigenvalue weighted by molar-refractivity contribution is 0.0594. The Balaban J connectivity index is 2.18. The Hall–Kier alpha value is -2.24. The van der Waals surface area contributed by atoms with Crippen molar-refractivity contribution in [3.63, 3.8) is 0 Å². The highest BCUT2D eigenvalue weighted by Crippen LogP contribution is 2.13. The van der Waals surface area contributed by atoms with Gasteiger partial charge in [-0.15, -0.1) is 0 Å². The minimum absolute atomic E-state index is 0.142. The molecule has 1 heterocycles. The van der Waals surface area contributed by atoms with Crippen molar-refractivity contribution in [3.05, 3.63) is 53.1 Å². The number of ether oxygens (including phenoxy) is 1. The fourth-order valence-corrected chi connectivity index (χ4v) is 1.51. The number of benzene rings is 1. The lowest BCUT2D eigenvalue weighted by Crippen LogP contribution is -2.02. The normalized spacial score (nSPS) is 10.4. The van der Waals surface area contributed by atoms with E-state index in [2.05, 4.69) is 14.7 Å². The molecule has 6 heteroatoms. The first-order chi connectivity index (χ1) is 8.60. The van der Waals surface area contributed by atoms with Crippen molar-refractivity contribution < 1.29 is 18.3 Å². The van der Waals surface area contributed by atoms with Crippen LogP contribution in [-0.2, 0) is 11.2 Å². The van der Waals surface area contributed by atoms with Gasteiger partial charge in [0, 0.05) is 12.5 Å². The Morgan fingerprint density at radius 2 is 2.22 bits per heavy atom. The summed E-state index contributed by atoms with van der Waals surface area (Å²) in [7, 11) is 1.25. The first-order valence-electron chi connectivity index (χ1n) is 5.16. The van der Waals surface area contributed by atoms with Crippen molar-refractivity contribution in [1.29, 1.82) is 0 Å². The number of imidazole rings is 1. The molecule has 94 valence electrons. The number of methoxy groups -OCH3 is 1. The number of esters is 1. The van der Waals surface area contributed by atoms with Crippen LogP contribution in [0.25, 0.3) is 0 Å². The number of H-pyrrole nitrogens is 1. The molecule has 2 aromatic rings. The van der Waals surface area contributed by atoms with Crippen LogP contribution in [0.1, 0.15) is 21.9 Å². The molecule has 1 aromatic heterocycles. The summed E-state index contributed by atoms with van der Waals surface area (Å²) in [5.41, 5.74) is 0.484. The van der Waals surface area contributed by atoms with Crippen LogP contribution in [-0.4, -0.2) is 23.0 Å². The highest BCUT2D eigenvalue weighted by molar-refractivity contribution is 5.86. The second kappa shape index (κ2) is 4.95. The molecule has 0 spiro atoms. The van der Waals surface area contributed by atoms with Gasteiger partial charge in [-0.2, -0.15) is 0 Å². The van der Waals surface area contributed by atoms with Gasteiger partial charge in [0.2, 0.25) is 0 Å². The van der Waals surface area contributed by atoms with Gasteiger partial charge in [-0.3, -0.25) is 0 Å².